The fraction of sp³-hybridized carbons (Fsp3) is 1.00. The van der Waals surface area contributed by atoms with Crippen molar-refractivity contribution >= 4 is 0 Å². The van der Waals surface area contributed by atoms with Gasteiger partial charge in [-0.05, 0) is 54.5 Å². The molecule has 100 valence electrons. The van der Waals surface area contributed by atoms with E-state index < -0.39 is 0 Å². The second-order valence-corrected chi connectivity index (χ2v) is 7.79. The summed E-state index contributed by atoms with van der Waals surface area (Å²) in [6.45, 7) is 14.6. The van der Waals surface area contributed by atoms with Crippen LogP contribution in [0.1, 0.15) is 60.3 Å². The van der Waals surface area contributed by atoms with Crippen LogP contribution in [0.3, 0.4) is 0 Å². The molecule has 2 rings (SSSR count). The first-order chi connectivity index (χ1) is 7.85. The second-order valence-electron chi connectivity index (χ2n) is 7.79. The molecule has 0 heterocycles. The van der Waals surface area contributed by atoms with Crippen molar-refractivity contribution in [3.8, 4) is 0 Å². The van der Waals surface area contributed by atoms with Crippen molar-refractivity contribution in [1.82, 2.24) is 5.32 Å². The molecular weight excluding hydrogens is 206 g/mol. The molecule has 0 aromatic carbocycles. The van der Waals surface area contributed by atoms with Crippen LogP contribution in [0, 0.1) is 28.6 Å². The van der Waals surface area contributed by atoms with E-state index in [1.54, 1.807) is 0 Å². The number of hydrogen-bond donors (Lipinski definition) is 1. The minimum Gasteiger partial charge on any atom is -0.316 e. The van der Waals surface area contributed by atoms with Crippen molar-refractivity contribution in [3.63, 3.8) is 0 Å². The molecule has 0 aromatic rings. The van der Waals surface area contributed by atoms with E-state index in [4.69, 9.17) is 0 Å². The fourth-order valence-electron chi connectivity index (χ4n) is 4.02. The van der Waals surface area contributed by atoms with E-state index >= 15 is 0 Å². The summed E-state index contributed by atoms with van der Waals surface area (Å²) in [6.07, 6.45) is 5.81. The Kier molecular flexibility index (Phi) is 3.60. The lowest BCUT2D eigenvalue weighted by Crippen LogP contribution is -2.29. The summed E-state index contributed by atoms with van der Waals surface area (Å²) >= 11 is 0. The molecule has 0 radical (unpaired) electrons. The number of hydrogen-bond acceptors (Lipinski definition) is 1. The molecule has 0 bridgehead atoms. The lowest BCUT2D eigenvalue weighted by molar-refractivity contribution is 0.272. The molecule has 2 fully saturated rings. The first-order valence-electron chi connectivity index (χ1n) is 7.56. The van der Waals surface area contributed by atoms with Gasteiger partial charge < -0.3 is 5.32 Å². The maximum absolute atomic E-state index is 3.75. The van der Waals surface area contributed by atoms with Gasteiger partial charge in [-0.25, -0.2) is 0 Å². The van der Waals surface area contributed by atoms with Gasteiger partial charge >= 0.3 is 0 Å². The molecule has 0 amide bonds. The van der Waals surface area contributed by atoms with Crippen LogP contribution < -0.4 is 5.32 Å². The molecule has 0 spiro atoms. The molecule has 2 saturated carbocycles. The molecule has 0 aliphatic heterocycles. The summed E-state index contributed by atoms with van der Waals surface area (Å²) in [5.41, 5.74) is 1.08. The zero-order chi connectivity index (χ0) is 12.7. The molecule has 1 nitrogen and oxygen atoms in total. The van der Waals surface area contributed by atoms with Crippen LogP contribution in [-0.4, -0.2) is 13.1 Å². The maximum atomic E-state index is 3.75. The largest absolute Gasteiger partial charge is 0.316 e. The molecule has 17 heavy (non-hydrogen) atoms. The standard InChI is InChI=1S/C16H31N/c1-12-7-6-8-13(9-12)10-17-11-14-15(2,3)16(14,4)5/h12-14,17H,6-11H2,1-5H3. The predicted octanol–water partition coefficient (Wildman–Crippen LogP) is 4.08. The average molecular weight is 237 g/mol. The van der Waals surface area contributed by atoms with Gasteiger partial charge in [-0.1, -0.05) is 47.5 Å². The van der Waals surface area contributed by atoms with Gasteiger partial charge in [0.25, 0.3) is 0 Å². The monoisotopic (exact) mass is 237 g/mol. The van der Waals surface area contributed by atoms with Crippen molar-refractivity contribution in [1.29, 1.82) is 0 Å². The zero-order valence-corrected chi connectivity index (χ0v) is 12.5. The lowest BCUT2D eigenvalue weighted by atomic mass is 9.82. The van der Waals surface area contributed by atoms with Crippen LogP contribution in [-0.2, 0) is 0 Å². The molecule has 2 aliphatic rings. The van der Waals surface area contributed by atoms with Gasteiger partial charge in [0, 0.05) is 0 Å². The topological polar surface area (TPSA) is 12.0 Å². The summed E-state index contributed by atoms with van der Waals surface area (Å²) in [7, 11) is 0. The van der Waals surface area contributed by atoms with Crippen molar-refractivity contribution < 1.29 is 0 Å². The number of rotatable bonds is 4. The predicted molar refractivity (Wildman–Crippen MR) is 75.0 cm³/mol. The lowest BCUT2D eigenvalue weighted by Gasteiger charge is -2.27. The third-order valence-electron chi connectivity index (χ3n) is 6.15. The van der Waals surface area contributed by atoms with Crippen molar-refractivity contribution in [2.75, 3.05) is 13.1 Å². The highest BCUT2D eigenvalue weighted by Gasteiger charge is 2.63. The van der Waals surface area contributed by atoms with Crippen molar-refractivity contribution in [2.24, 2.45) is 28.6 Å². The van der Waals surface area contributed by atoms with Crippen LogP contribution >= 0.6 is 0 Å². The Morgan fingerprint density at radius 3 is 2.18 bits per heavy atom. The fourth-order valence-corrected chi connectivity index (χ4v) is 4.02. The van der Waals surface area contributed by atoms with Gasteiger partial charge in [-0.15, -0.1) is 0 Å². The SMILES string of the molecule is CC1CCCC(CNCC2C(C)(C)C2(C)C)C1. The minimum absolute atomic E-state index is 0.542. The van der Waals surface area contributed by atoms with Crippen LogP contribution in [0.2, 0.25) is 0 Å². The first-order valence-corrected chi connectivity index (χ1v) is 7.56. The molecule has 2 atom stereocenters. The average Bonchev–Trinajstić information content (AvgIpc) is 2.60. The normalized spacial score (nSPS) is 35.8. The zero-order valence-electron chi connectivity index (χ0n) is 12.5. The summed E-state index contributed by atoms with van der Waals surface area (Å²) in [5, 5.41) is 3.75. The summed E-state index contributed by atoms with van der Waals surface area (Å²) in [5.74, 6) is 2.78. The van der Waals surface area contributed by atoms with Gasteiger partial charge in [0.2, 0.25) is 0 Å². The highest BCUT2D eigenvalue weighted by Crippen LogP contribution is 2.67. The number of nitrogens with one attached hydrogen (secondary N) is 1. The second kappa shape index (κ2) is 4.57. The van der Waals surface area contributed by atoms with Gasteiger partial charge in [-0.3, -0.25) is 0 Å². The van der Waals surface area contributed by atoms with E-state index in [-0.39, 0.29) is 0 Å². The highest BCUT2D eigenvalue weighted by atomic mass is 14.9. The third kappa shape index (κ3) is 2.54. The molecule has 1 heteroatoms. The Balaban J connectivity index is 1.67. The quantitative estimate of drug-likeness (QED) is 0.776. The molecular formula is C16H31N. The molecule has 1 N–H and O–H groups in total. The van der Waals surface area contributed by atoms with Crippen LogP contribution in [0.25, 0.3) is 0 Å². The van der Waals surface area contributed by atoms with Crippen LogP contribution in [0.5, 0.6) is 0 Å². The van der Waals surface area contributed by atoms with Gasteiger partial charge in [0.1, 0.15) is 0 Å². The molecule has 2 aliphatic carbocycles. The highest BCUT2D eigenvalue weighted by molar-refractivity contribution is 5.12. The van der Waals surface area contributed by atoms with Crippen molar-refractivity contribution in [3.05, 3.63) is 0 Å². The van der Waals surface area contributed by atoms with E-state index in [0.717, 1.165) is 17.8 Å². The summed E-state index contributed by atoms with van der Waals surface area (Å²) in [6, 6.07) is 0. The molecule has 0 aromatic heterocycles. The Hall–Kier alpha value is -0.0400. The van der Waals surface area contributed by atoms with Crippen LogP contribution in [0.15, 0.2) is 0 Å². The van der Waals surface area contributed by atoms with E-state index in [9.17, 15) is 0 Å². The van der Waals surface area contributed by atoms with E-state index in [2.05, 4.69) is 39.9 Å². The smallest absolute Gasteiger partial charge is 0.000977 e. The summed E-state index contributed by atoms with van der Waals surface area (Å²) < 4.78 is 0. The van der Waals surface area contributed by atoms with Crippen molar-refractivity contribution in [2.45, 2.75) is 60.3 Å². The van der Waals surface area contributed by atoms with Gasteiger partial charge in [0.05, 0.1) is 0 Å². The van der Waals surface area contributed by atoms with E-state index in [0.29, 0.717) is 10.8 Å². The Morgan fingerprint density at radius 1 is 1.00 bits per heavy atom. The van der Waals surface area contributed by atoms with Crippen LogP contribution in [0.4, 0.5) is 0 Å². The third-order valence-corrected chi connectivity index (χ3v) is 6.15. The first kappa shape index (κ1) is 13.4. The van der Waals surface area contributed by atoms with E-state index in [1.165, 1.54) is 38.8 Å². The van der Waals surface area contributed by atoms with Gasteiger partial charge in [-0.2, -0.15) is 0 Å². The maximum Gasteiger partial charge on any atom is -0.000977 e. The Morgan fingerprint density at radius 2 is 1.65 bits per heavy atom. The van der Waals surface area contributed by atoms with Gasteiger partial charge in [0.15, 0.2) is 0 Å². The molecule has 0 saturated heterocycles. The Labute approximate surface area is 108 Å². The minimum atomic E-state index is 0.542. The summed E-state index contributed by atoms with van der Waals surface area (Å²) in [4.78, 5) is 0. The Bertz CT molecular complexity index is 253. The van der Waals surface area contributed by atoms with E-state index in [1.807, 2.05) is 0 Å². The molecule has 2 unspecified atom stereocenters.